The van der Waals surface area contributed by atoms with Gasteiger partial charge in [0.05, 0.1) is 27.4 Å². The van der Waals surface area contributed by atoms with Gasteiger partial charge in [-0.05, 0) is 44.4 Å². The number of rotatable bonds is 7. The zero-order chi connectivity index (χ0) is 25.8. The van der Waals surface area contributed by atoms with Crippen LogP contribution in [-0.4, -0.2) is 51.0 Å². The maximum absolute atomic E-state index is 13.5. The smallest absolute Gasteiger partial charge is 0.340 e. The highest BCUT2D eigenvalue weighted by atomic mass is 16.6. The predicted molar refractivity (Wildman–Crippen MR) is 133 cm³/mol. The first-order chi connectivity index (χ1) is 17.2. The number of carboxylic acids is 1. The third-order valence-electron chi connectivity index (χ3n) is 6.31. The Balaban J connectivity index is 1.67. The van der Waals surface area contributed by atoms with Crippen molar-refractivity contribution in [3.63, 3.8) is 0 Å². The summed E-state index contributed by atoms with van der Waals surface area (Å²) in [6.07, 6.45) is 1.17. The Morgan fingerprint density at radius 3 is 2.53 bits per heavy atom. The second-order valence-corrected chi connectivity index (χ2v) is 8.91. The predicted octanol–water partition coefficient (Wildman–Crippen LogP) is 4.79. The normalized spacial score (nSPS) is 15.9. The Morgan fingerprint density at radius 2 is 1.83 bits per heavy atom. The van der Waals surface area contributed by atoms with Gasteiger partial charge in [0.15, 0.2) is 0 Å². The monoisotopic (exact) mass is 489 g/mol. The molecule has 2 heterocycles. The van der Waals surface area contributed by atoms with Crippen LogP contribution in [0.3, 0.4) is 0 Å². The third-order valence-corrected chi connectivity index (χ3v) is 6.31. The molecule has 186 valence electrons. The lowest BCUT2D eigenvalue weighted by Crippen LogP contribution is -2.40. The molecule has 9 heteroatoms. The van der Waals surface area contributed by atoms with E-state index in [2.05, 4.69) is 22.0 Å². The fourth-order valence-electron chi connectivity index (χ4n) is 4.73. The standard InChI is InChI=1S/C27H27N3O6/c1-17-23(26(31)32)25(20-10-6-11-21(14-20)30(34)35)24(18(2)28-17)27(33)36-22-12-7-13-29(16-22)15-19-8-4-3-5-9-19/h3-6,8-11,14,22H,7,12-13,15-16H2,1-2H3,(H,31,32). The summed E-state index contributed by atoms with van der Waals surface area (Å²) in [5, 5.41) is 21.3. The molecule has 0 radical (unpaired) electrons. The van der Waals surface area contributed by atoms with Gasteiger partial charge in [-0.25, -0.2) is 9.59 Å². The molecule has 2 aromatic carbocycles. The molecule has 1 aromatic heterocycles. The van der Waals surface area contributed by atoms with Crippen LogP contribution < -0.4 is 0 Å². The number of nitro groups is 1. The SMILES string of the molecule is Cc1nc(C)c(C(=O)OC2CCCN(Cc3ccccc3)C2)c(-c2cccc([N+](=O)[O-])c2)c1C(=O)O. The Morgan fingerprint density at radius 1 is 1.11 bits per heavy atom. The number of carbonyl (C=O) groups is 2. The van der Waals surface area contributed by atoms with E-state index in [9.17, 15) is 24.8 Å². The van der Waals surface area contributed by atoms with Gasteiger partial charge in [-0.3, -0.25) is 20.0 Å². The number of nitrogens with zero attached hydrogens (tertiary/aromatic N) is 3. The number of hydrogen-bond donors (Lipinski definition) is 1. The van der Waals surface area contributed by atoms with Gasteiger partial charge in [0.25, 0.3) is 5.69 Å². The van der Waals surface area contributed by atoms with Crippen molar-refractivity contribution in [3.8, 4) is 11.1 Å². The minimum absolute atomic E-state index is 0.0127. The second kappa shape index (κ2) is 10.7. The van der Waals surface area contributed by atoms with Gasteiger partial charge in [-0.15, -0.1) is 0 Å². The number of non-ortho nitro benzene ring substituents is 1. The van der Waals surface area contributed by atoms with E-state index in [1.807, 2.05) is 18.2 Å². The molecule has 1 fully saturated rings. The second-order valence-electron chi connectivity index (χ2n) is 8.91. The lowest BCUT2D eigenvalue weighted by Gasteiger charge is -2.32. The molecule has 0 amide bonds. The third kappa shape index (κ3) is 5.41. The summed E-state index contributed by atoms with van der Waals surface area (Å²) in [4.78, 5) is 43.0. The lowest BCUT2D eigenvalue weighted by atomic mass is 9.92. The number of aryl methyl sites for hydroxylation is 2. The van der Waals surface area contributed by atoms with E-state index in [0.717, 1.165) is 19.5 Å². The topological polar surface area (TPSA) is 123 Å². The van der Waals surface area contributed by atoms with Crippen LogP contribution in [0.15, 0.2) is 54.6 Å². The highest BCUT2D eigenvalue weighted by molar-refractivity contribution is 6.06. The van der Waals surface area contributed by atoms with Crippen LogP contribution in [0.1, 0.15) is 50.5 Å². The molecule has 1 aliphatic rings. The number of aromatic nitrogens is 1. The molecule has 1 aliphatic heterocycles. The quantitative estimate of drug-likeness (QED) is 0.285. The van der Waals surface area contributed by atoms with Crippen molar-refractivity contribution in [2.75, 3.05) is 13.1 Å². The molecule has 0 spiro atoms. The molecule has 0 bridgehead atoms. The number of aromatic carboxylic acids is 1. The molecular weight excluding hydrogens is 462 g/mol. The van der Waals surface area contributed by atoms with Crippen LogP contribution in [0.4, 0.5) is 5.69 Å². The molecular formula is C27H27N3O6. The number of hydrogen-bond acceptors (Lipinski definition) is 7. The molecule has 1 atom stereocenters. The molecule has 0 saturated carbocycles. The van der Waals surface area contributed by atoms with Gasteiger partial charge in [0.1, 0.15) is 6.10 Å². The van der Waals surface area contributed by atoms with Gasteiger partial charge in [0, 0.05) is 30.8 Å². The van der Waals surface area contributed by atoms with E-state index >= 15 is 0 Å². The Hall–Kier alpha value is -4.11. The van der Waals surface area contributed by atoms with Crippen LogP contribution in [0.5, 0.6) is 0 Å². The summed E-state index contributed by atoms with van der Waals surface area (Å²) in [6.45, 7) is 5.32. The van der Waals surface area contributed by atoms with Crippen molar-refractivity contribution < 1.29 is 24.4 Å². The fraction of sp³-hybridized carbons (Fsp3) is 0.296. The van der Waals surface area contributed by atoms with Gasteiger partial charge in [-0.2, -0.15) is 0 Å². The summed E-state index contributed by atoms with van der Waals surface area (Å²) in [5.41, 5.74) is 1.64. The summed E-state index contributed by atoms with van der Waals surface area (Å²) >= 11 is 0. The zero-order valence-electron chi connectivity index (χ0n) is 20.1. The van der Waals surface area contributed by atoms with Crippen molar-refractivity contribution >= 4 is 17.6 Å². The largest absolute Gasteiger partial charge is 0.478 e. The van der Waals surface area contributed by atoms with Crippen molar-refractivity contribution in [3.05, 3.63) is 92.8 Å². The number of esters is 1. The number of carboxylic acid groups (broad SMARTS) is 1. The number of ether oxygens (including phenoxy) is 1. The van der Waals surface area contributed by atoms with E-state index in [1.165, 1.54) is 30.7 Å². The average Bonchev–Trinajstić information content (AvgIpc) is 2.84. The van der Waals surface area contributed by atoms with Crippen molar-refractivity contribution in [2.24, 2.45) is 0 Å². The molecule has 9 nitrogen and oxygen atoms in total. The van der Waals surface area contributed by atoms with Crippen LogP contribution in [0.25, 0.3) is 11.1 Å². The molecule has 36 heavy (non-hydrogen) atoms. The molecule has 4 rings (SSSR count). The lowest BCUT2D eigenvalue weighted by molar-refractivity contribution is -0.384. The van der Waals surface area contributed by atoms with Crippen molar-refractivity contribution in [1.29, 1.82) is 0 Å². The number of pyridine rings is 1. The molecule has 1 unspecified atom stereocenters. The first kappa shape index (κ1) is 25.0. The van der Waals surface area contributed by atoms with Gasteiger partial charge >= 0.3 is 11.9 Å². The maximum Gasteiger partial charge on any atom is 0.340 e. The van der Waals surface area contributed by atoms with Crippen LogP contribution in [-0.2, 0) is 11.3 Å². The van der Waals surface area contributed by atoms with Gasteiger partial charge < -0.3 is 9.84 Å². The zero-order valence-corrected chi connectivity index (χ0v) is 20.1. The van der Waals surface area contributed by atoms with Crippen LogP contribution in [0.2, 0.25) is 0 Å². The summed E-state index contributed by atoms with van der Waals surface area (Å²) in [7, 11) is 0. The Kier molecular flexibility index (Phi) is 7.40. The van der Waals surface area contributed by atoms with E-state index in [-0.39, 0.29) is 39.7 Å². The first-order valence-electron chi connectivity index (χ1n) is 11.7. The van der Waals surface area contributed by atoms with Crippen molar-refractivity contribution in [2.45, 2.75) is 39.3 Å². The molecule has 3 aromatic rings. The van der Waals surface area contributed by atoms with E-state index < -0.39 is 16.9 Å². The van der Waals surface area contributed by atoms with Crippen LogP contribution >= 0.6 is 0 Å². The number of likely N-dealkylation sites (tertiary alicyclic amines) is 1. The first-order valence-corrected chi connectivity index (χ1v) is 11.7. The molecule has 1 N–H and O–H groups in total. The van der Waals surface area contributed by atoms with E-state index in [1.54, 1.807) is 13.0 Å². The summed E-state index contributed by atoms with van der Waals surface area (Å²) in [5.74, 6) is -1.96. The maximum atomic E-state index is 13.5. The number of piperidine rings is 1. The van der Waals surface area contributed by atoms with Crippen LogP contribution in [0, 0.1) is 24.0 Å². The Bertz CT molecular complexity index is 1310. The van der Waals surface area contributed by atoms with Gasteiger partial charge in [0.2, 0.25) is 0 Å². The van der Waals surface area contributed by atoms with Crippen molar-refractivity contribution in [1.82, 2.24) is 9.88 Å². The minimum Gasteiger partial charge on any atom is -0.478 e. The number of nitro benzene ring substituents is 1. The molecule has 0 aliphatic carbocycles. The van der Waals surface area contributed by atoms with E-state index in [4.69, 9.17) is 4.74 Å². The summed E-state index contributed by atoms with van der Waals surface area (Å²) < 4.78 is 5.89. The Labute approximate surface area is 208 Å². The average molecular weight is 490 g/mol. The minimum atomic E-state index is -1.28. The van der Waals surface area contributed by atoms with E-state index in [0.29, 0.717) is 18.7 Å². The molecule has 1 saturated heterocycles. The highest BCUT2D eigenvalue weighted by Crippen LogP contribution is 2.34. The van der Waals surface area contributed by atoms with Gasteiger partial charge in [-0.1, -0.05) is 42.5 Å². The number of benzene rings is 2. The highest BCUT2D eigenvalue weighted by Gasteiger charge is 2.30. The number of carbonyl (C=O) groups excluding carboxylic acids is 1. The summed E-state index contributed by atoms with van der Waals surface area (Å²) in [6, 6.07) is 15.6. The fourth-order valence-corrected chi connectivity index (χ4v) is 4.73.